The SMILES string of the molecule is N#C[C@H](C[C@@H]1CCCCC1=O)NC(=O)[C@@H](CC(=O)OCC1c2ccccc2-c2ccccc21)CC1CC1. The summed E-state index contributed by atoms with van der Waals surface area (Å²) in [7, 11) is 0. The Morgan fingerprint density at radius 1 is 0.973 bits per heavy atom. The molecule has 37 heavy (non-hydrogen) atoms. The largest absolute Gasteiger partial charge is 0.465 e. The minimum Gasteiger partial charge on any atom is -0.465 e. The molecule has 5 rings (SSSR count). The number of ether oxygens (including phenoxy) is 1. The topological polar surface area (TPSA) is 96.3 Å². The number of benzene rings is 2. The molecule has 0 heterocycles. The van der Waals surface area contributed by atoms with Gasteiger partial charge in [-0.15, -0.1) is 0 Å². The molecular weight excluding hydrogens is 464 g/mol. The molecule has 0 radical (unpaired) electrons. The number of nitrogens with zero attached hydrogens (tertiary/aromatic N) is 1. The summed E-state index contributed by atoms with van der Waals surface area (Å²) in [6.45, 7) is 0.231. The molecule has 0 spiro atoms. The van der Waals surface area contributed by atoms with E-state index in [1.165, 1.54) is 11.1 Å². The van der Waals surface area contributed by atoms with E-state index in [0.717, 1.165) is 43.2 Å². The highest BCUT2D eigenvalue weighted by atomic mass is 16.5. The second kappa shape index (κ2) is 11.3. The second-order valence-corrected chi connectivity index (χ2v) is 10.8. The van der Waals surface area contributed by atoms with Gasteiger partial charge in [-0.25, -0.2) is 0 Å². The van der Waals surface area contributed by atoms with Gasteiger partial charge >= 0.3 is 5.97 Å². The molecule has 3 atom stereocenters. The third-order valence-corrected chi connectivity index (χ3v) is 8.15. The number of esters is 1. The van der Waals surface area contributed by atoms with Gasteiger partial charge in [-0.2, -0.15) is 5.26 Å². The van der Waals surface area contributed by atoms with Crippen LogP contribution in [0.25, 0.3) is 11.1 Å². The Hall–Kier alpha value is -3.46. The van der Waals surface area contributed by atoms with Gasteiger partial charge in [-0.3, -0.25) is 14.4 Å². The fourth-order valence-corrected chi connectivity index (χ4v) is 5.94. The molecule has 3 aliphatic carbocycles. The number of fused-ring (bicyclic) bond motifs is 3. The van der Waals surface area contributed by atoms with Crippen LogP contribution in [-0.4, -0.2) is 30.3 Å². The van der Waals surface area contributed by atoms with Crippen molar-refractivity contribution >= 4 is 17.7 Å². The van der Waals surface area contributed by atoms with Gasteiger partial charge < -0.3 is 10.1 Å². The zero-order valence-electron chi connectivity index (χ0n) is 21.2. The van der Waals surface area contributed by atoms with Crippen LogP contribution >= 0.6 is 0 Å². The van der Waals surface area contributed by atoms with E-state index in [9.17, 15) is 19.6 Å². The molecule has 3 aliphatic rings. The predicted octanol–water partition coefficient (Wildman–Crippen LogP) is 5.31. The number of amides is 1. The standard InChI is InChI=1S/C31H34N2O4/c32-18-23(16-21-7-1-6-12-29(21)34)33-31(36)22(15-20-13-14-20)17-30(35)37-19-28-26-10-4-2-8-24(26)25-9-3-5-11-27(25)28/h2-5,8-11,20-23,28H,1,6-7,12-17,19H2,(H,33,36)/t21-,22+,23-/m0/s1. The maximum atomic E-state index is 13.2. The minimum atomic E-state index is -0.719. The highest BCUT2D eigenvalue weighted by Crippen LogP contribution is 2.44. The number of nitrogens with one attached hydrogen (secondary N) is 1. The van der Waals surface area contributed by atoms with E-state index in [1.807, 2.05) is 24.3 Å². The fourth-order valence-electron chi connectivity index (χ4n) is 5.94. The van der Waals surface area contributed by atoms with E-state index in [4.69, 9.17) is 4.74 Å². The summed E-state index contributed by atoms with van der Waals surface area (Å²) < 4.78 is 5.76. The van der Waals surface area contributed by atoms with Crippen molar-refractivity contribution in [2.24, 2.45) is 17.8 Å². The molecular formula is C31H34N2O4. The van der Waals surface area contributed by atoms with Crippen LogP contribution in [0.1, 0.15) is 74.8 Å². The number of carbonyl (C=O) groups excluding carboxylic acids is 3. The monoisotopic (exact) mass is 498 g/mol. The van der Waals surface area contributed by atoms with E-state index in [1.54, 1.807) is 0 Å². The lowest BCUT2D eigenvalue weighted by Crippen LogP contribution is -2.41. The van der Waals surface area contributed by atoms with Gasteiger partial charge in [0.15, 0.2) is 0 Å². The highest BCUT2D eigenvalue weighted by molar-refractivity contribution is 5.85. The van der Waals surface area contributed by atoms with Crippen LogP contribution in [0, 0.1) is 29.1 Å². The van der Waals surface area contributed by atoms with Gasteiger partial charge in [0.05, 0.1) is 12.5 Å². The van der Waals surface area contributed by atoms with Gasteiger partial charge in [-0.05, 0) is 53.9 Å². The summed E-state index contributed by atoms with van der Waals surface area (Å²) in [5, 5.41) is 12.5. The summed E-state index contributed by atoms with van der Waals surface area (Å²) in [6, 6.07) is 17.8. The molecule has 192 valence electrons. The molecule has 0 aliphatic heterocycles. The maximum Gasteiger partial charge on any atom is 0.306 e. The van der Waals surface area contributed by atoms with Crippen molar-refractivity contribution < 1.29 is 19.1 Å². The van der Waals surface area contributed by atoms with Crippen molar-refractivity contribution in [3.8, 4) is 17.2 Å². The van der Waals surface area contributed by atoms with E-state index >= 15 is 0 Å². The molecule has 0 unspecified atom stereocenters. The first-order valence-corrected chi connectivity index (χ1v) is 13.6. The molecule has 2 aromatic carbocycles. The number of nitriles is 1. The molecule has 6 heteroatoms. The Morgan fingerprint density at radius 3 is 2.27 bits per heavy atom. The Labute approximate surface area is 218 Å². The molecule has 2 fully saturated rings. The minimum absolute atomic E-state index is 0.00114. The summed E-state index contributed by atoms with van der Waals surface area (Å²) in [5.41, 5.74) is 4.64. The maximum absolute atomic E-state index is 13.2. The molecule has 1 amide bonds. The summed E-state index contributed by atoms with van der Waals surface area (Å²) >= 11 is 0. The first kappa shape index (κ1) is 25.2. The Morgan fingerprint density at radius 2 is 1.65 bits per heavy atom. The zero-order chi connectivity index (χ0) is 25.8. The van der Waals surface area contributed by atoms with Gasteiger partial charge in [-0.1, -0.05) is 67.8 Å². The van der Waals surface area contributed by atoms with Crippen molar-refractivity contribution in [1.82, 2.24) is 5.32 Å². The Bertz CT molecular complexity index is 1170. The van der Waals surface area contributed by atoms with Gasteiger partial charge in [0, 0.05) is 24.2 Å². The first-order chi connectivity index (χ1) is 18.0. The van der Waals surface area contributed by atoms with E-state index < -0.39 is 17.9 Å². The van der Waals surface area contributed by atoms with Crippen LogP contribution in [0.4, 0.5) is 0 Å². The average molecular weight is 499 g/mol. The van der Waals surface area contributed by atoms with Gasteiger partial charge in [0.1, 0.15) is 18.4 Å². The van der Waals surface area contributed by atoms with E-state index in [0.29, 0.717) is 25.2 Å². The van der Waals surface area contributed by atoms with Crippen LogP contribution in [0.5, 0.6) is 0 Å². The van der Waals surface area contributed by atoms with Crippen molar-refractivity contribution in [2.45, 2.75) is 69.7 Å². The second-order valence-electron chi connectivity index (χ2n) is 10.8. The first-order valence-electron chi connectivity index (χ1n) is 13.6. The third kappa shape index (κ3) is 5.93. The quantitative estimate of drug-likeness (QED) is 0.448. The molecule has 0 aromatic heterocycles. The predicted molar refractivity (Wildman–Crippen MR) is 139 cm³/mol. The molecule has 0 bridgehead atoms. The van der Waals surface area contributed by atoms with Crippen LogP contribution in [-0.2, 0) is 19.1 Å². The van der Waals surface area contributed by atoms with Crippen LogP contribution < -0.4 is 5.32 Å². The summed E-state index contributed by atoms with van der Waals surface area (Å²) in [6.07, 6.45) is 6.31. The highest BCUT2D eigenvalue weighted by Gasteiger charge is 2.34. The normalized spacial score (nSPS) is 20.3. The third-order valence-electron chi connectivity index (χ3n) is 8.15. The van der Waals surface area contributed by atoms with E-state index in [2.05, 4.69) is 35.7 Å². The van der Waals surface area contributed by atoms with Crippen LogP contribution in [0.2, 0.25) is 0 Å². The Balaban J connectivity index is 1.20. The van der Waals surface area contributed by atoms with Crippen molar-refractivity contribution in [3.63, 3.8) is 0 Å². The smallest absolute Gasteiger partial charge is 0.306 e. The van der Waals surface area contributed by atoms with Gasteiger partial charge in [0.25, 0.3) is 0 Å². The average Bonchev–Trinajstić information content (AvgIpc) is 3.68. The number of Topliss-reactive ketones (excluding diaryl/α,β-unsaturated/α-hetero) is 1. The van der Waals surface area contributed by atoms with Gasteiger partial charge in [0.2, 0.25) is 5.91 Å². The van der Waals surface area contributed by atoms with Crippen molar-refractivity contribution in [2.75, 3.05) is 6.61 Å². The molecule has 2 aromatic rings. The molecule has 0 saturated heterocycles. The summed E-state index contributed by atoms with van der Waals surface area (Å²) in [4.78, 5) is 38.3. The lowest BCUT2D eigenvalue weighted by molar-refractivity contribution is -0.147. The lowest BCUT2D eigenvalue weighted by Gasteiger charge is -2.24. The van der Waals surface area contributed by atoms with Crippen LogP contribution in [0.3, 0.4) is 0 Å². The molecule has 1 N–H and O–H groups in total. The number of carbonyl (C=O) groups is 3. The number of ketones is 1. The summed E-state index contributed by atoms with van der Waals surface area (Å²) in [5.74, 6) is -0.757. The van der Waals surface area contributed by atoms with Crippen LogP contribution in [0.15, 0.2) is 48.5 Å². The molecule has 6 nitrogen and oxygen atoms in total. The fraction of sp³-hybridized carbons (Fsp3) is 0.484. The molecule has 2 saturated carbocycles. The van der Waals surface area contributed by atoms with Crippen molar-refractivity contribution in [3.05, 3.63) is 59.7 Å². The van der Waals surface area contributed by atoms with Crippen molar-refractivity contribution in [1.29, 1.82) is 5.26 Å². The number of rotatable bonds is 10. The van der Waals surface area contributed by atoms with E-state index in [-0.39, 0.29) is 36.6 Å². The Kier molecular flexibility index (Phi) is 7.69. The number of hydrogen-bond donors (Lipinski definition) is 1. The lowest BCUT2D eigenvalue weighted by atomic mass is 9.83. The number of hydrogen-bond acceptors (Lipinski definition) is 5. The zero-order valence-corrected chi connectivity index (χ0v) is 21.2.